The van der Waals surface area contributed by atoms with Crippen molar-refractivity contribution in [1.29, 1.82) is 5.26 Å². The van der Waals surface area contributed by atoms with Crippen molar-refractivity contribution in [2.24, 2.45) is 5.10 Å². The van der Waals surface area contributed by atoms with Crippen LogP contribution in [0.4, 0.5) is 5.69 Å². The number of aryl methyl sites for hydroxylation is 1. The molecule has 0 saturated carbocycles. The lowest BCUT2D eigenvalue weighted by atomic mass is 10.1. The minimum atomic E-state index is -0.585. The van der Waals surface area contributed by atoms with Crippen LogP contribution in [-0.2, 0) is 22.7 Å². The van der Waals surface area contributed by atoms with Crippen LogP contribution >= 0.6 is 0 Å². The lowest BCUT2D eigenvalue weighted by Crippen LogP contribution is -2.33. The minimum absolute atomic E-state index is 0.0801. The number of hydrogen-bond acceptors (Lipinski definition) is 10. The van der Waals surface area contributed by atoms with Crippen molar-refractivity contribution in [1.82, 2.24) is 15.0 Å². The Morgan fingerprint density at radius 1 is 1.29 bits per heavy atom. The molecule has 13 nitrogen and oxygen atoms in total. The largest absolute Gasteiger partial charge is 0.490 e. The molecule has 0 radical (unpaired) electrons. The normalized spacial score (nSPS) is 10.7. The molecule has 13 heteroatoms. The molecule has 3 aromatic rings. The Kier molecular flexibility index (Phi) is 9.22. The molecule has 38 heavy (non-hydrogen) atoms. The first-order valence-electron chi connectivity index (χ1n) is 11.3. The fourth-order valence-electron chi connectivity index (χ4n) is 3.39. The van der Waals surface area contributed by atoms with E-state index < -0.39 is 16.4 Å². The van der Waals surface area contributed by atoms with Crippen LogP contribution in [0.15, 0.2) is 52.5 Å². The number of hydrogen-bond donors (Lipinski definition) is 1. The molecule has 0 bridgehead atoms. The van der Waals surface area contributed by atoms with Gasteiger partial charge in [0.2, 0.25) is 5.88 Å². The van der Waals surface area contributed by atoms with Crippen molar-refractivity contribution in [2.75, 3.05) is 13.7 Å². The van der Waals surface area contributed by atoms with Crippen LogP contribution in [0.25, 0.3) is 0 Å². The van der Waals surface area contributed by atoms with Crippen LogP contribution in [0.3, 0.4) is 0 Å². The molecule has 2 heterocycles. The highest BCUT2D eigenvalue weighted by Crippen LogP contribution is 2.32. The molecule has 0 atom stereocenters. The van der Waals surface area contributed by atoms with Crippen molar-refractivity contribution in [3.8, 4) is 23.4 Å². The Hall–Kier alpha value is -5.09. The summed E-state index contributed by atoms with van der Waals surface area (Å²) in [5, 5.41) is 24.1. The molecule has 0 spiro atoms. The molecule has 0 saturated heterocycles. The van der Waals surface area contributed by atoms with Crippen molar-refractivity contribution < 1.29 is 23.9 Å². The van der Waals surface area contributed by atoms with Crippen LogP contribution in [0.1, 0.15) is 29.3 Å². The number of hydrazone groups is 1. The number of ether oxygens (including phenoxy) is 3. The number of nitrogens with one attached hydrogen (secondary N) is 1. The van der Waals surface area contributed by atoms with Gasteiger partial charge in [0.25, 0.3) is 17.2 Å². The van der Waals surface area contributed by atoms with Gasteiger partial charge >= 0.3 is 0 Å². The molecule has 1 amide bonds. The number of amides is 1. The molecule has 0 unspecified atom stereocenters. The van der Waals surface area contributed by atoms with E-state index in [4.69, 9.17) is 14.2 Å². The van der Waals surface area contributed by atoms with Crippen LogP contribution in [0.5, 0.6) is 17.4 Å². The number of carbonyl (C=O) groups is 1. The molecule has 0 aliphatic carbocycles. The van der Waals surface area contributed by atoms with E-state index in [9.17, 15) is 25.0 Å². The molecule has 0 aliphatic heterocycles. The van der Waals surface area contributed by atoms with Crippen molar-refractivity contribution in [2.45, 2.75) is 27.0 Å². The second-order valence-electron chi connectivity index (χ2n) is 7.77. The molecular weight excluding hydrogens is 496 g/mol. The third-order valence-corrected chi connectivity index (χ3v) is 5.12. The van der Waals surface area contributed by atoms with Gasteiger partial charge in [-0.3, -0.25) is 19.7 Å². The number of methoxy groups -OCH3 is 1. The summed E-state index contributed by atoms with van der Waals surface area (Å²) in [5.74, 6) is 0.273. The zero-order valence-electron chi connectivity index (χ0n) is 20.8. The average molecular weight is 521 g/mol. The summed E-state index contributed by atoms with van der Waals surface area (Å²) < 4.78 is 17.5. The van der Waals surface area contributed by atoms with E-state index in [0.29, 0.717) is 34.9 Å². The highest BCUT2D eigenvalue weighted by molar-refractivity contribution is 5.83. The van der Waals surface area contributed by atoms with Gasteiger partial charge in [0.1, 0.15) is 24.4 Å². The van der Waals surface area contributed by atoms with Crippen LogP contribution in [-0.4, -0.2) is 40.3 Å². The van der Waals surface area contributed by atoms with E-state index in [2.05, 4.69) is 15.5 Å². The Morgan fingerprint density at radius 2 is 2.08 bits per heavy atom. The van der Waals surface area contributed by atoms with Gasteiger partial charge in [0.05, 0.1) is 24.4 Å². The van der Waals surface area contributed by atoms with Crippen LogP contribution < -0.4 is 20.5 Å². The zero-order chi connectivity index (χ0) is 27.7. The summed E-state index contributed by atoms with van der Waals surface area (Å²) in [5.41, 5.74) is 3.05. The van der Waals surface area contributed by atoms with Gasteiger partial charge in [-0.1, -0.05) is 0 Å². The number of benzene rings is 1. The Morgan fingerprint density at radius 3 is 2.71 bits per heavy atom. The summed E-state index contributed by atoms with van der Waals surface area (Å²) in [6.45, 7) is 3.56. The monoisotopic (exact) mass is 520 g/mol. The molecule has 2 aromatic heterocycles. The first kappa shape index (κ1) is 27.5. The predicted molar refractivity (Wildman–Crippen MR) is 135 cm³/mol. The highest BCUT2D eigenvalue weighted by atomic mass is 16.6. The zero-order valence-corrected chi connectivity index (χ0v) is 20.8. The minimum Gasteiger partial charge on any atom is -0.490 e. The third kappa shape index (κ3) is 6.77. The predicted octanol–water partition coefficient (Wildman–Crippen LogP) is 2.82. The number of nitrogens with zero attached hydrogens (tertiary/aromatic N) is 5. The molecule has 0 fully saturated rings. The Balaban J connectivity index is 1.70. The maximum Gasteiger partial charge on any atom is 0.287 e. The second-order valence-corrected chi connectivity index (χ2v) is 7.77. The Bertz CT molecular complexity index is 1460. The van der Waals surface area contributed by atoms with Gasteiger partial charge in [0.15, 0.2) is 11.5 Å². The van der Waals surface area contributed by atoms with Crippen molar-refractivity contribution >= 4 is 17.8 Å². The van der Waals surface area contributed by atoms with Crippen molar-refractivity contribution in [3.63, 3.8) is 0 Å². The smallest absolute Gasteiger partial charge is 0.287 e. The van der Waals surface area contributed by atoms with Gasteiger partial charge in [0, 0.05) is 30.5 Å². The summed E-state index contributed by atoms with van der Waals surface area (Å²) in [6.07, 6.45) is 2.47. The lowest BCUT2D eigenvalue weighted by Gasteiger charge is -2.12. The fraction of sp³-hybridized carbons (Fsp3) is 0.240. The number of rotatable bonds is 11. The van der Waals surface area contributed by atoms with E-state index in [1.54, 1.807) is 38.1 Å². The van der Waals surface area contributed by atoms with E-state index in [1.165, 1.54) is 30.0 Å². The Labute approximate surface area is 217 Å². The maximum absolute atomic E-state index is 12.7. The number of aromatic nitrogens is 2. The molecule has 0 aliphatic rings. The second kappa shape index (κ2) is 12.7. The van der Waals surface area contributed by atoms with E-state index in [0.717, 1.165) is 6.20 Å². The SMILES string of the molecule is CCOc1cc(/C=N/NC(=O)Cn2c(C)cc(COC)c(C#N)c2=O)ccc1Oc1ccc([N+](=O)[O-])cn1. The summed E-state index contributed by atoms with van der Waals surface area (Å²) >= 11 is 0. The topological polar surface area (TPSA) is 171 Å². The number of pyridine rings is 2. The van der Waals surface area contributed by atoms with Crippen molar-refractivity contribution in [3.05, 3.63) is 85.4 Å². The van der Waals surface area contributed by atoms with E-state index >= 15 is 0 Å². The van der Waals surface area contributed by atoms with Gasteiger partial charge in [-0.25, -0.2) is 10.4 Å². The van der Waals surface area contributed by atoms with Gasteiger partial charge in [-0.05, 0) is 43.7 Å². The van der Waals surface area contributed by atoms with Gasteiger partial charge in [-0.2, -0.15) is 10.4 Å². The fourth-order valence-corrected chi connectivity index (χ4v) is 3.39. The van der Waals surface area contributed by atoms with Crippen LogP contribution in [0.2, 0.25) is 0 Å². The van der Waals surface area contributed by atoms with Crippen LogP contribution in [0, 0.1) is 28.4 Å². The highest BCUT2D eigenvalue weighted by Gasteiger charge is 2.15. The summed E-state index contributed by atoms with van der Waals surface area (Å²) in [4.78, 5) is 39.2. The first-order chi connectivity index (χ1) is 18.3. The molecule has 1 N–H and O–H groups in total. The molecule has 3 rings (SSSR count). The maximum atomic E-state index is 12.7. The third-order valence-electron chi connectivity index (χ3n) is 5.12. The number of nitriles is 1. The summed E-state index contributed by atoms with van der Waals surface area (Å²) in [7, 11) is 1.46. The lowest BCUT2D eigenvalue weighted by molar-refractivity contribution is -0.385. The van der Waals surface area contributed by atoms with E-state index in [-0.39, 0.29) is 30.3 Å². The number of carbonyl (C=O) groups excluding carboxylic acids is 1. The first-order valence-corrected chi connectivity index (χ1v) is 11.3. The molecular formula is C25H24N6O7. The summed E-state index contributed by atoms with van der Waals surface area (Å²) in [6, 6.07) is 11.0. The number of nitro groups is 1. The van der Waals surface area contributed by atoms with Gasteiger partial charge < -0.3 is 18.8 Å². The molecule has 1 aromatic carbocycles. The average Bonchev–Trinajstić information content (AvgIpc) is 2.89. The van der Waals surface area contributed by atoms with E-state index in [1.807, 2.05) is 6.07 Å². The standard InChI is InChI=1S/C25H24N6O7/c1-4-37-22-10-17(5-7-21(22)38-24-8-6-19(13-27-24)31(34)35)12-28-29-23(32)14-30-16(2)9-18(15-36-3)20(11-26)25(30)33/h5-10,12-13H,4,14-15H2,1-3H3,(H,29,32)/b28-12+. The van der Waals surface area contributed by atoms with Gasteiger partial charge in [-0.15, -0.1) is 0 Å². The quantitative estimate of drug-likeness (QED) is 0.227. The molecule has 196 valence electrons.